The van der Waals surface area contributed by atoms with Crippen molar-refractivity contribution in [2.45, 2.75) is 6.18 Å². The van der Waals surface area contributed by atoms with E-state index in [0.29, 0.717) is 5.02 Å². The molecule has 2 heterocycles. The van der Waals surface area contributed by atoms with Gasteiger partial charge in [-0.05, 0) is 18.2 Å². The first-order chi connectivity index (χ1) is 12.3. The van der Waals surface area contributed by atoms with Gasteiger partial charge in [0.2, 0.25) is 5.13 Å². The van der Waals surface area contributed by atoms with Gasteiger partial charge in [-0.15, -0.1) is 11.3 Å². The highest BCUT2D eigenvalue weighted by molar-refractivity contribution is 7.12. The molecule has 0 atom stereocenters. The molecule has 0 aliphatic rings. The fourth-order valence-electron chi connectivity index (χ4n) is 1.96. The summed E-state index contributed by atoms with van der Waals surface area (Å²) >= 11 is 12.8. The molecule has 1 aromatic carbocycles. The summed E-state index contributed by atoms with van der Waals surface area (Å²) < 4.78 is 40.5. The molecule has 136 valence electrons. The molecule has 0 spiro atoms. The first-order valence-electron chi connectivity index (χ1n) is 6.84. The van der Waals surface area contributed by atoms with Crippen LogP contribution < -0.4 is 10.9 Å². The molecule has 0 aliphatic carbocycles. The number of hydrogen-bond donors (Lipinski definition) is 2. The van der Waals surface area contributed by atoms with Crippen LogP contribution >= 0.6 is 34.5 Å². The summed E-state index contributed by atoms with van der Waals surface area (Å²) in [7, 11) is 0. The lowest BCUT2D eigenvalue weighted by Crippen LogP contribution is -2.30. The van der Waals surface area contributed by atoms with Gasteiger partial charge in [-0.3, -0.25) is 15.6 Å². The van der Waals surface area contributed by atoms with E-state index < -0.39 is 23.3 Å². The minimum Gasteiger partial charge on any atom is -0.297 e. The lowest BCUT2D eigenvalue weighted by atomic mass is 10.2. The number of nitrogens with one attached hydrogen (secondary N) is 2. The molecule has 0 saturated heterocycles. The molecule has 1 amide bonds. The average Bonchev–Trinajstić information content (AvgIpc) is 3.22. The zero-order chi connectivity index (χ0) is 18.9. The Morgan fingerprint density at radius 3 is 2.65 bits per heavy atom. The third-order valence-electron chi connectivity index (χ3n) is 3.08. The number of halogens is 5. The molecule has 3 rings (SSSR count). The maximum atomic E-state index is 13.2. The van der Waals surface area contributed by atoms with Crippen molar-refractivity contribution < 1.29 is 18.0 Å². The number of hydrazine groups is 1. The van der Waals surface area contributed by atoms with E-state index in [4.69, 9.17) is 23.2 Å². The van der Waals surface area contributed by atoms with Crippen molar-refractivity contribution in [2.24, 2.45) is 0 Å². The van der Waals surface area contributed by atoms with Gasteiger partial charge in [-0.2, -0.15) is 18.3 Å². The van der Waals surface area contributed by atoms with Crippen LogP contribution in [0.2, 0.25) is 10.0 Å². The van der Waals surface area contributed by atoms with Gasteiger partial charge in [0.25, 0.3) is 5.91 Å². The molecule has 2 N–H and O–H groups in total. The Bertz CT molecular complexity index is 943. The Hall–Kier alpha value is -2.30. The highest BCUT2D eigenvalue weighted by Gasteiger charge is 2.39. The Balaban J connectivity index is 1.86. The molecule has 12 heteroatoms. The summed E-state index contributed by atoms with van der Waals surface area (Å²) in [6.07, 6.45) is -2.44. The van der Waals surface area contributed by atoms with E-state index >= 15 is 0 Å². The first kappa shape index (κ1) is 18.5. The van der Waals surface area contributed by atoms with E-state index in [1.807, 2.05) is 0 Å². The minimum absolute atomic E-state index is 0.187. The number of thiazole rings is 1. The molecule has 0 aliphatic heterocycles. The van der Waals surface area contributed by atoms with E-state index in [2.05, 4.69) is 20.9 Å². The van der Waals surface area contributed by atoms with Crippen LogP contribution in [0.25, 0.3) is 5.13 Å². The van der Waals surface area contributed by atoms with E-state index in [-0.39, 0.29) is 15.8 Å². The number of hydrogen-bond acceptors (Lipinski definition) is 5. The molecule has 0 radical (unpaired) electrons. The molecule has 26 heavy (non-hydrogen) atoms. The zero-order valence-corrected chi connectivity index (χ0v) is 14.8. The smallest absolute Gasteiger partial charge is 0.297 e. The number of aromatic nitrogens is 3. The van der Waals surface area contributed by atoms with Crippen LogP contribution in [0.15, 0.2) is 36.0 Å². The molecule has 0 fully saturated rings. The number of amides is 1. The molecule has 0 saturated carbocycles. The van der Waals surface area contributed by atoms with Crippen molar-refractivity contribution in [3.8, 4) is 5.13 Å². The number of carbonyl (C=O) groups is 1. The second-order valence-electron chi connectivity index (χ2n) is 4.85. The van der Waals surface area contributed by atoms with Crippen LogP contribution in [0.5, 0.6) is 0 Å². The maximum absolute atomic E-state index is 13.2. The van der Waals surface area contributed by atoms with E-state index in [9.17, 15) is 18.0 Å². The Labute approximate surface area is 158 Å². The Morgan fingerprint density at radius 1 is 1.27 bits per heavy atom. The summed E-state index contributed by atoms with van der Waals surface area (Å²) in [4.78, 5) is 16.1. The number of alkyl halides is 3. The monoisotopic (exact) mass is 421 g/mol. The third kappa shape index (κ3) is 3.92. The predicted molar refractivity (Wildman–Crippen MR) is 91.8 cm³/mol. The van der Waals surface area contributed by atoms with Gasteiger partial charge in [-0.1, -0.05) is 23.2 Å². The SMILES string of the molecule is O=C(NNc1ccc(Cl)cc1Cl)c1cn(-c2nccs2)nc1C(F)(F)F. The lowest BCUT2D eigenvalue weighted by molar-refractivity contribution is -0.141. The second kappa shape index (κ2) is 7.14. The number of carbonyl (C=O) groups excluding carboxylic acids is 1. The van der Waals surface area contributed by atoms with Gasteiger partial charge in [-0.25, -0.2) is 9.67 Å². The largest absolute Gasteiger partial charge is 0.435 e. The Morgan fingerprint density at radius 2 is 2.04 bits per heavy atom. The van der Waals surface area contributed by atoms with Gasteiger partial charge >= 0.3 is 6.18 Å². The summed E-state index contributed by atoms with van der Waals surface area (Å²) in [6, 6.07) is 4.39. The zero-order valence-electron chi connectivity index (χ0n) is 12.5. The third-order valence-corrected chi connectivity index (χ3v) is 4.39. The predicted octanol–water partition coefficient (Wildman–Crippen LogP) is 4.41. The average molecular weight is 422 g/mol. The quantitative estimate of drug-likeness (QED) is 0.611. The summed E-state index contributed by atoms with van der Waals surface area (Å²) in [6.45, 7) is 0. The normalized spacial score (nSPS) is 11.4. The lowest BCUT2D eigenvalue weighted by Gasteiger charge is -2.10. The van der Waals surface area contributed by atoms with Gasteiger partial charge in [0, 0.05) is 22.8 Å². The number of benzene rings is 1. The number of anilines is 1. The van der Waals surface area contributed by atoms with Crippen molar-refractivity contribution >= 4 is 46.1 Å². The van der Waals surface area contributed by atoms with Crippen LogP contribution in [0.1, 0.15) is 16.1 Å². The minimum atomic E-state index is -4.81. The highest BCUT2D eigenvalue weighted by atomic mass is 35.5. The Kier molecular flexibility index (Phi) is 5.08. The summed E-state index contributed by atoms with van der Waals surface area (Å²) in [5, 5.41) is 5.77. The van der Waals surface area contributed by atoms with E-state index in [0.717, 1.165) is 22.2 Å². The van der Waals surface area contributed by atoms with Crippen LogP contribution in [0, 0.1) is 0 Å². The molecule has 0 bridgehead atoms. The molecular formula is C14H8Cl2F3N5OS. The van der Waals surface area contributed by atoms with Gasteiger partial charge in [0.15, 0.2) is 5.69 Å². The van der Waals surface area contributed by atoms with Crippen molar-refractivity contribution in [1.82, 2.24) is 20.2 Å². The fourth-order valence-corrected chi connectivity index (χ4v) is 2.98. The van der Waals surface area contributed by atoms with Crippen LogP contribution in [-0.2, 0) is 6.18 Å². The topological polar surface area (TPSA) is 71.8 Å². The van der Waals surface area contributed by atoms with Crippen LogP contribution in [0.3, 0.4) is 0 Å². The molecular weight excluding hydrogens is 414 g/mol. The van der Waals surface area contributed by atoms with Crippen LogP contribution in [-0.4, -0.2) is 20.7 Å². The van der Waals surface area contributed by atoms with Crippen molar-refractivity contribution in [2.75, 3.05) is 5.43 Å². The van der Waals surface area contributed by atoms with E-state index in [1.54, 1.807) is 5.38 Å². The summed E-state index contributed by atoms with van der Waals surface area (Å²) in [5.74, 6) is -1.04. The van der Waals surface area contributed by atoms with Crippen molar-refractivity contribution in [3.63, 3.8) is 0 Å². The van der Waals surface area contributed by atoms with Crippen LogP contribution in [0.4, 0.5) is 18.9 Å². The number of nitrogens with zero attached hydrogens (tertiary/aromatic N) is 3. The second-order valence-corrected chi connectivity index (χ2v) is 6.57. The first-order valence-corrected chi connectivity index (χ1v) is 8.47. The van der Waals surface area contributed by atoms with Crippen molar-refractivity contribution in [3.05, 3.63) is 57.3 Å². The molecule has 3 aromatic rings. The molecule has 0 unspecified atom stereocenters. The summed E-state index contributed by atoms with van der Waals surface area (Å²) in [5.41, 5.74) is 2.90. The molecule has 2 aromatic heterocycles. The number of rotatable bonds is 4. The highest BCUT2D eigenvalue weighted by Crippen LogP contribution is 2.32. The van der Waals surface area contributed by atoms with Crippen molar-refractivity contribution in [1.29, 1.82) is 0 Å². The van der Waals surface area contributed by atoms with E-state index in [1.165, 1.54) is 24.4 Å². The van der Waals surface area contributed by atoms with Gasteiger partial charge < -0.3 is 0 Å². The van der Waals surface area contributed by atoms with Gasteiger partial charge in [0.05, 0.1) is 16.3 Å². The van der Waals surface area contributed by atoms with Gasteiger partial charge in [0.1, 0.15) is 0 Å². The maximum Gasteiger partial charge on any atom is 0.435 e. The standard InChI is InChI=1S/C14H8Cl2F3N5OS/c15-7-1-2-10(9(16)5-7)21-22-12(25)8-6-24(13-20-3-4-26-13)23-11(8)14(17,18)19/h1-6,21H,(H,22,25). The molecule has 6 nitrogen and oxygen atoms in total. The fraction of sp³-hybridized carbons (Fsp3) is 0.0714.